The molecule has 1 aliphatic heterocycles. The second kappa shape index (κ2) is 8.28. The van der Waals surface area contributed by atoms with Crippen molar-refractivity contribution in [3.63, 3.8) is 0 Å². The van der Waals surface area contributed by atoms with E-state index in [0.717, 1.165) is 17.8 Å². The van der Waals surface area contributed by atoms with Crippen LogP contribution in [0.3, 0.4) is 0 Å². The van der Waals surface area contributed by atoms with Crippen molar-refractivity contribution in [2.75, 3.05) is 40.9 Å². The van der Waals surface area contributed by atoms with Crippen molar-refractivity contribution in [1.29, 1.82) is 0 Å². The molecule has 1 aromatic heterocycles. The van der Waals surface area contributed by atoms with Crippen molar-refractivity contribution in [2.24, 2.45) is 0 Å². The van der Waals surface area contributed by atoms with E-state index < -0.39 is 10.2 Å². The van der Waals surface area contributed by atoms with E-state index in [1.165, 1.54) is 8.61 Å². The summed E-state index contributed by atoms with van der Waals surface area (Å²) in [7, 11) is 1.36. The maximum Gasteiger partial charge on any atom is 0.281 e. The van der Waals surface area contributed by atoms with Crippen LogP contribution in [0.15, 0.2) is 30.3 Å². The van der Waals surface area contributed by atoms with Gasteiger partial charge in [-0.1, -0.05) is 12.1 Å². The minimum atomic E-state index is -3.37. The largest absolute Gasteiger partial charge is 0.493 e. The lowest BCUT2D eigenvalue weighted by Gasteiger charge is -2.20. The van der Waals surface area contributed by atoms with Crippen LogP contribution < -0.4 is 9.47 Å². The van der Waals surface area contributed by atoms with Gasteiger partial charge < -0.3 is 9.47 Å². The van der Waals surface area contributed by atoms with Crippen LogP contribution in [0.25, 0.3) is 0 Å². The second-order valence-corrected chi connectivity index (χ2v) is 8.84. The van der Waals surface area contributed by atoms with Crippen LogP contribution in [0.5, 0.6) is 11.5 Å². The Morgan fingerprint density at radius 2 is 2.04 bits per heavy atom. The minimum absolute atomic E-state index is 0.111. The molecule has 1 aliphatic rings. The first-order valence-corrected chi connectivity index (χ1v) is 10.3. The molecule has 1 N–H and O–H groups in total. The summed E-state index contributed by atoms with van der Waals surface area (Å²) in [6.07, 6.45) is 1.45. The fourth-order valence-corrected chi connectivity index (χ4v) is 4.30. The number of methoxy groups -OCH3 is 1. The Balaban J connectivity index is 1.55. The number of hydrogen-bond donors (Lipinski definition) is 1. The quantitative estimate of drug-likeness (QED) is 0.735. The van der Waals surface area contributed by atoms with Crippen LogP contribution in [-0.4, -0.2) is 68.1 Å². The van der Waals surface area contributed by atoms with Gasteiger partial charge in [-0.2, -0.15) is 22.1 Å². The predicted octanol–water partition coefficient (Wildman–Crippen LogP) is 1.64. The first-order valence-electron chi connectivity index (χ1n) is 8.89. The molecule has 8 nitrogen and oxygen atoms in total. The SMILES string of the molecule is COc1ccccc1OCCc1cc(C2CCN(S(=O)(=O)N(C)C)C2)n[nH]1. The zero-order valence-corrected chi connectivity index (χ0v) is 16.7. The molecule has 1 fully saturated rings. The minimum Gasteiger partial charge on any atom is -0.493 e. The lowest BCUT2D eigenvalue weighted by atomic mass is 10.0. The van der Waals surface area contributed by atoms with Crippen molar-refractivity contribution in [3.8, 4) is 11.5 Å². The van der Waals surface area contributed by atoms with Gasteiger partial charge in [0.25, 0.3) is 10.2 Å². The highest BCUT2D eigenvalue weighted by Crippen LogP contribution is 2.29. The summed E-state index contributed by atoms with van der Waals surface area (Å²) in [4.78, 5) is 0. The van der Waals surface area contributed by atoms with Gasteiger partial charge in [-0.25, -0.2) is 0 Å². The van der Waals surface area contributed by atoms with Crippen LogP contribution in [0.1, 0.15) is 23.7 Å². The van der Waals surface area contributed by atoms with Crippen LogP contribution in [0.2, 0.25) is 0 Å². The number of para-hydroxylation sites is 2. The number of nitrogens with one attached hydrogen (secondary N) is 1. The van der Waals surface area contributed by atoms with E-state index >= 15 is 0 Å². The van der Waals surface area contributed by atoms with Gasteiger partial charge in [0.2, 0.25) is 0 Å². The molecule has 0 spiro atoms. The van der Waals surface area contributed by atoms with Crippen molar-refractivity contribution in [3.05, 3.63) is 41.7 Å². The zero-order valence-electron chi connectivity index (χ0n) is 15.9. The molecule has 0 aliphatic carbocycles. The van der Waals surface area contributed by atoms with Gasteiger partial charge in [0.05, 0.1) is 19.4 Å². The second-order valence-electron chi connectivity index (χ2n) is 6.70. The van der Waals surface area contributed by atoms with Crippen LogP contribution in [-0.2, 0) is 16.6 Å². The average molecular weight is 394 g/mol. The summed E-state index contributed by atoms with van der Waals surface area (Å²) in [5, 5.41) is 7.41. The van der Waals surface area contributed by atoms with Gasteiger partial charge in [0.15, 0.2) is 11.5 Å². The molecule has 9 heteroatoms. The van der Waals surface area contributed by atoms with Gasteiger partial charge in [-0.3, -0.25) is 5.10 Å². The summed E-state index contributed by atoms with van der Waals surface area (Å²) in [6.45, 7) is 1.47. The lowest BCUT2D eigenvalue weighted by molar-refractivity contribution is 0.296. The number of benzene rings is 1. The van der Waals surface area contributed by atoms with E-state index in [9.17, 15) is 8.42 Å². The van der Waals surface area contributed by atoms with Gasteiger partial charge in [0.1, 0.15) is 0 Å². The molecule has 148 valence electrons. The van der Waals surface area contributed by atoms with Crippen molar-refractivity contribution in [2.45, 2.75) is 18.8 Å². The Hall–Kier alpha value is -2.10. The third-order valence-corrected chi connectivity index (χ3v) is 6.61. The number of aromatic nitrogens is 2. The smallest absolute Gasteiger partial charge is 0.281 e. The molecule has 0 radical (unpaired) electrons. The van der Waals surface area contributed by atoms with Crippen molar-refractivity contribution in [1.82, 2.24) is 18.8 Å². The van der Waals surface area contributed by atoms with E-state index in [-0.39, 0.29) is 5.92 Å². The number of rotatable bonds is 8. The Kier molecular flexibility index (Phi) is 6.03. The highest BCUT2D eigenvalue weighted by atomic mass is 32.2. The van der Waals surface area contributed by atoms with Gasteiger partial charge in [0, 0.05) is 45.2 Å². The Labute approximate surface area is 160 Å². The Morgan fingerprint density at radius 3 is 2.74 bits per heavy atom. The van der Waals surface area contributed by atoms with Gasteiger partial charge >= 0.3 is 0 Å². The first kappa shape index (κ1) is 19.7. The standard InChI is InChI=1S/C18H26N4O4S/c1-21(2)27(23,24)22-10-8-14(13-22)16-12-15(19-20-16)9-11-26-18-7-5-4-6-17(18)25-3/h4-7,12,14H,8-11,13H2,1-3H3,(H,19,20). The topological polar surface area (TPSA) is 87.8 Å². The van der Waals surface area contributed by atoms with E-state index in [1.807, 2.05) is 30.3 Å². The van der Waals surface area contributed by atoms with Crippen molar-refractivity contribution >= 4 is 10.2 Å². The number of aromatic amines is 1. The monoisotopic (exact) mass is 394 g/mol. The molecule has 3 rings (SSSR count). The Morgan fingerprint density at radius 1 is 1.30 bits per heavy atom. The number of ether oxygens (including phenoxy) is 2. The van der Waals surface area contributed by atoms with Crippen LogP contribution in [0, 0.1) is 0 Å². The summed E-state index contributed by atoms with van der Waals surface area (Å²) in [5.74, 6) is 1.52. The first-order chi connectivity index (χ1) is 12.9. The summed E-state index contributed by atoms with van der Waals surface area (Å²) in [5.41, 5.74) is 1.87. The van der Waals surface area contributed by atoms with Crippen LogP contribution in [0.4, 0.5) is 0 Å². The van der Waals surface area contributed by atoms with Crippen LogP contribution >= 0.6 is 0 Å². The molecule has 2 heterocycles. The zero-order chi connectivity index (χ0) is 19.4. The maximum absolute atomic E-state index is 12.2. The van der Waals surface area contributed by atoms with Gasteiger partial charge in [-0.05, 0) is 24.6 Å². The lowest BCUT2D eigenvalue weighted by Crippen LogP contribution is -2.38. The summed E-state index contributed by atoms with van der Waals surface area (Å²) in [6, 6.07) is 9.53. The molecular formula is C18H26N4O4S. The molecule has 27 heavy (non-hydrogen) atoms. The normalized spacial score (nSPS) is 18.1. The fraction of sp³-hybridized carbons (Fsp3) is 0.500. The molecule has 1 aromatic carbocycles. The molecule has 1 atom stereocenters. The van der Waals surface area contributed by atoms with E-state index in [1.54, 1.807) is 21.2 Å². The van der Waals surface area contributed by atoms with E-state index in [4.69, 9.17) is 9.47 Å². The molecular weight excluding hydrogens is 368 g/mol. The summed E-state index contributed by atoms with van der Waals surface area (Å²) < 4.78 is 38.3. The number of H-pyrrole nitrogens is 1. The molecule has 1 unspecified atom stereocenters. The summed E-state index contributed by atoms with van der Waals surface area (Å²) >= 11 is 0. The number of hydrogen-bond acceptors (Lipinski definition) is 5. The fourth-order valence-electron chi connectivity index (χ4n) is 3.14. The van der Waals surface area contributed by atoms with E-state index in [0.29, 0.717) is 37.6 Å². The maximum atomic E-state index is 12.2. The third-order valence-electron chi connectivity index (χ3n) is 4.71. The molecule has 0 saturated carbocycles. The third kappa shape index (κ3) is 4.42. The van der Waals surface area contributed by atoms with Gasteiger partial charge in [-0.15, -0.1) is 0 Å². The average Bonchev–Trinajstić information content (AvgIpc) is 3.31. The number of nitrogens with zero attached hydrogens (tertiary/aromatic N) is 3. The highest BCUT2D eigenvalue weighted by molar-refractivity contribution is 7.86. The Bertz CT molecular complexity index is 866. The molecule has 2 aromatic rings. The van der Waals surface area contributed by atoms with Crippen molar-refractivity contribution < 1.29 is 17.9 Å². The highest BCUT2D eigenvalue weighted by Gasteiger charge is 2.34. The molecule has 0 bridgehead atoms. The molecule has 0 amide bonds. The van der Waals surface area contributed by atoms with E-state index in [2.05, 4.69) is 10.2 Å². The molecule has 1 saturated heterocycles. The predicted molar refractivity (Wildman–Crippen MR) is 102 cm³/mol.